The third-order valence-electron chi connectivity index (χ3n) is 3.01. The highest BCUT2D eigenvalue weighted by Crippen LogP contribution is 2.20. The Morgan fingerprint density at radius 3 is 2.21 bits per heavy atom. The monoisotopic (exact) mass is 284 g/mol. The minimum absolute atomic E-state index is 0.118. The van der Waals surface area contributed by atoms with E-state index in [1.165, 1.54) is 4.90 Å². The van der Waals surface area contributed by atoms with Gasteiger partial charge in [-0.25, -0.2) is 0 Å². The topological polar surface area (TPSA) is 52.6 Å². The summed E-state index contributed by atoms with van der Waals surface area (Å²) in [6.45, 7) is 4.23. The minimum Gasteiger partial charge on any atom is -0.480 e. The second-order valence-corrected chi connectivity index (χ2v) is 4.98. The van der Waals surface area contributed by atoms with E-state index in [4.69, 9.17) is 0 Å². The van der Waals surface area contributed by atoms with Gasteiger partial charge in [0.25, 0.3) is 0 Å². The van der Waals surface area contributed by atoms with Crippen molar-refractivity contribution >= 4 is 5.97 Å². The Balaban J connectivity index is 4.21. The molecule has 114 valence electrons. The number of nitrogens with zero attached hydrogens (tertiary/aromatic N) is 1. The van der Waals surface area contributed by atoms with Gasteiger partial charge >= 0.3 is 12.1 Å². The van der Waals surface area contributed by atoms with Gasteiger partial charge < -0.3 is 15.3 Å². The smallest absolute Gasteiger partial charge is 0.390 e. The Morgan fingerprint density at radius 1 is 1.26 bits per heavy atom. The maximum Gasteiger partial charge on any atom is 0.390 e. The molecule has 1 atom stereocenters. The molecular formula is C12H23F3N2O2. The number of carboxylic acid groups (broad SMARTS) is 1. The number of rotatable bonds is 9. The number of aliphatic carboxylic acids is 1. The van der Waals surface area contributed by atoms with Crippen LogP contribution in [0.3, 0.4) is 0 Å². The van der Waals surface area contributed by atoms with Crippen LogP contribution in [0.4, 0.5) is 13.2 Å². The van der Waals surface area contributed by atoms with Crippen molar-refractivity contribution in [3.8, 4) is 0 Å². The van der Waals surface area contributed by atoms with Gasteiger partial charge in [-0.2, -0.15) is 13.2 Å². The van der Waals surface area contributed by atoms with Gasteiger partial charge in [-0.3, -0.25) is 4.79 Å². The van der Waals surface area contributed by atoms with Crippen LogP contribution < -0.4 is 5.32 Å². The third kappa shape index (κ3) is 8.05. The lowest BCUT2D eigenvalue weighted by atomic mass is 9.97. The fourth-order valence-corrected chi connectivity index (χ4v) is 1.52. The van der Waals surface area contributed by atoms with Crippen molar-refractivity contribution in [2.75, 3.05) is 26.7 Å². The summed E-state index contributed by atoms with van der Waals surface area (Å²) in [6.07, 6.45) is -4.00. The second-order valence-electron chi connectivity index (χ2n) is 4.98. The highest BCUT2D eigenvalue weighted by atomic mass is 19.4. The lowest BCUT2D eigenvalue weighted by molar-refractivity contribution is -0.145. The van der Waals surface area contributed by atoms with E-state index in [1.807, 2.05) is 6.92 Å². The number of carboxylic acids is 1. The summed E-state index contributed by atoms with van der Waals surface area (Å²) in [5.41, 5.74) is -1.09. The Labute approximate surface area is 112 Å². The molecule has 1 unspecified atom stereocenters. The van der Waals surface area contributed by atoms with Crippen LogP contribution >= 0.6 is 0 Å². The van der Waals surface area contributed by atoms with E-state index in [0.717, 1.165) is 6.42 Å². The summed E-state index contributed by atoms with van der Waals surface area (Å²) in [7, 11) is 1.56. The number of carbonyl (C=O) groups is 1. The van der Waals surface area contributed by atoms with E-state index in [9.17, 15) is 23.1 Å². The summed E-state index contributed by atoms with van der Waals surface area (Å²) in [5, 5.41) is 12.1. The molecule has 4 nitrogen and oxygen atoms in total. The maximum absolute atomic E-state index is 12.1. The van der Waals surface area contributed by atoms with Crippen LogP contribution in [-0.2, 0) is 4.79 Å². The van der Waals surface area contributed by atoms with Crippen LogP contribution in [0.1, 0.15) is 33.1 Å². The van der Waals surface area contributed by atoms with Crippen LogP contribution in [0.2, 0.25) is 0 Å². The first-order valence-electron chi connectivity index (χ1n) is 6.34. The van der Waals surface area contributed by atoms with Crippen LogP contribution in [0.25, 0.3) is 0 Å². The first-order valence-corrected chi connectivity index (χ1v) is 6.34. The molecule has 0 aromatic heterocycles. The molecule has 0 saturated carbocycles. The lowest BCUT2D eigenvalue weighted by Crippen LogP contribution is -2.51. The zero-order chi connectivity index (χ0) is 15.1. The molecule has 0 fully saturated rings. The zero-order valence-corrected chi connectivity index (χ0v) is 11.7. The van der Waals surface area contributed by atoms with E-state index >= 15 is 0 Å². The number of hydrogen-bond acceptors (Lipinski definition) is 3. The summed E-state index contributed by atoms with van der Waals surface area (Å²) in [5.74, 6) is -0.981. The van der Waals surface area contributed by atoms with Crippen molar-refractivity contribution in [1.82, 2.24) is 10.2 Å². The van der Waals surface area contributed by atoms with Crippen molar-refractivity contribution in [2.45, 2.75) is 44.8 Å². The molecule has 0 heterocycles. The molecule has 0 bridgehead atoms. The van der Waals surface area contributed by atoms with Crippen molar-refractivity contribution in [3.05, 3.63) is 0 Å². The maximum atomic E-state index is 12.1. The molecule has 0 aromatic rings. The third-order valence-corrected chi connectivity index (χ3v) is 3.01. The van der Waals surface area contributed by atoms with E-state index in [0.29, 0.717) is 13.1 Å². The molecule has 0 saturated heterocycles. The predicted molar refractivity (Wildman–Crippen MR) is 67.1 cm³/mol. The Hall–Kier alpha value is -0.820. The van der Waals surface area contributed by atoms with E-state index in [1.54, 1.807) is 14.0 Å². The van der Waals surface area contributed by atoms with Crippen LogP contribution in [0.15, 0.2) is 0 Å². The molecule has 0 aliphatic heterocycles. The highest BCUT2D eigenvalue weighted by molar-refractivity contribution is 5.78. The average Bonchev–Trinajstić information content (AvgIpc) is 2.30. The number of alkyl halides is 3. The van der Waals surface area contributed by atoms with Crippen LogP contribution in [0.5, 0.6) is 0 Å². The standard InChI is InChI=1S/C12H23F3N2O2/c1-4-7-16-11(2,10(18)19)5-8-17(3)9-6-12(13,14)15/h16H,4-9H2,1-3H3,(H,18,19). The second kappa shape index (κ2) is 7.69. The fourth-order valence-electron chi connectivity index (χ4n) is 1.52. The Bertz CT molecular complexity index is 285. The van der Waals surface area contributed by atoms with Crippen LogP contribution in [-0.4, -0.2) is 54.4 Å². The SMILES string of the molecule is CCCNC(C)(CCN(C)CCC(F)(F)F)C(=O)O. The summed E-state index contributed by atoms with van der Waals surface area (Å²) < 4.78 is 36.2. The first kappa shape index (κ1) is 18.2. The number of nitrogens with one attached hydrogen (secondary N) is 1. The van der Waals surface area contributed by atoms with Gasteiger partial charge in [0.2, 0.25) is 0 Å². The largest absolute Gasteiger partial charge is 0.480 e. The molecule has 0 spiro atoms. The molecule has 19 heavy (non-hydrogen) atoms. The number of hydrogen-bond donors (Lipinski definition) is 2. The summed E-state index contributed by atoms with van der Waals surface area (Å²) in [6, 6.07) is 0. The van der Waals surface area contributed by atoms with E-state index in [2.05, 4.69) is 5.32 Å². The first-order chi connectivity index (χ1) is 8.60. The summed E-state index contributed by atoms with van der Waals surface area (Å²) >= 11 is 0. The average molecular weight is 284 g/mol. The molecule has 0 amide bonds. The highest BCUT2D eigenvalue weighted by Gasteiger charge is 2.32. The zero-order valence-electron chi connectivity index (χ0n) is 11.7. The Morgan fingerprint density at radius 2 is 1.79 bits per heavy atom. The van der Waals surface area contributed by atoms with Crippen LogP contribution in [0, 0.1) is 0 Å². The number of halogens is 3. The van der Waals surface area contributed by atoms with Crippen molar-refractivity contribution < 1.29 is 23.1 Å². The minimum atomic E-state index is -4.18. The molecule has 0 radical (unpaired) electrons. The van der Waals surface area contributed by atoms with Crippen molar-refractivity contribution in [2.24, 2.45) is 0 Å². The van der Waals surface area contributed by atoms with Gasteiger partial charge in [0, 0.05) is 13.1 Å². The van der Waals surface area contributed by atoms with Gasteiger partial charge in [0.15, 0.2) is 0 Å². The fraction of sp³-hybridized carbons (Fsp3) is 0.917. The van der Waals surface area contributed by atoms with Crippen molar-refractivity contribution in [3.63, 3.8) is 0 Å². The van der Waals surface area contributed by atoms with Gasteiger partial charge in [-0.1, -0.05) is 6.92 Å². The summed E-state index contributed by atoms with van der Waals surface area (Å²) in [4.78, 5) is 12.7. The molecule has 0 aliphatic carbocycles. The quantitative estimate of drug-likeness (QED) is 0.681. The van der Waals surface area contributed by atoms with E-state index < -0.39 is 24.1 Å². The molecule has 0 rings (SSSR count). The normalized spacial score (nSPS) is 15.5. The van der Waals surface area contributed by atoms with Gasteiger partial charge in [0.05, 0.1) is 6.42 Å². The molecule has 7 heteroatoms. The molecule has 0 aromatic carbocycles. The van der Waals surface area contributed by atoms with Crippen molar-refractivity contribution in [1.29, 1.82) is 0 Å². The molecular weight excluding hydrogens is 261 g/mol. The van der Waals surface area contributed by atoms with E-state index in [-0.39, 0.29) is 13.0 Å². The lowest BCUT2D eigenvalue weighted by Gasteiger charge is -2.28. The molecule has 0 aliphatic rings. The predicted octanol–water partition coefficient (Wildman–Crippen LogP) is 2.10. The van der Waals surface area contributed by atoms with Gasteiger partial charge in [0.1, 0.15) is 5.54 Å². The van der Waals surface area contributed by atoms with Gasteiger partial charge in [-0.15, -0.1) is 0 Å². The van der Waals surface area contributed by atoms with Gasteiger partial charge in [-0.05, 0) is 33.4 Å². The Kier molecular flexibility index (Phi) is 7.36. The molecule has 2 N–H and O–H groups in total.